The van der Waals surface area contributed by atoms with Crippen molar-refractivity contribution in [3.8, 4) is 0 Å². The van der Waals surface area contributed by atoms with Crippen molar-refractivity contribution in [3.05, 3.63) is 24.0 Å². The summed E-state index contributed by atoms with van der Waals surface area (Å²) in [6.07, 6.45) is 5.86. The fourth-order valence-electron chi connectivity index (χ4n) is 0.686. The predicted octanol–water partition coefficient (Wildman–Crippen LogP) is 1.00. The van der Waals surface area contributed by atoms with E-state index in [-0.39, 0.29) is 0 Å². The van der Waals surface area contributed by atoms with Crippen LogP contribution in [0.4, 0.5) is 0 Å². The summed E-state index contributed by atoms with van der Waals surface area (Å²) in [5.41, 5.74) is 1.49. The van der Waals surface area contributed by atoms with Gasteiger partial charge in [-0.15, -0.1) is 0 Å². The lowest BCUT2D eigenvalue weighted by Crippen LogP contribution is -2.16. The van der Waals surface area contributed by atoms with Crippen molar-refractivity contribution in [2.75, 3.05) is 13.2 Å². The lowest BCUT2D eigenvalue weighted by atomic mass is 10.3. The van der Waals surface area contributed by atoms with Gasteiger partial charge in [0.1, 0.15) is 12.4 Å². The average molecular weight is 155 g/mol. The topological polar surface area (TPSA) is 21.3 Å². The Morgan fingerprint density at radius 2 is 2.70 bits per heavy atom. The van der Waals surface area contributed by atoms with Crippen LogP contribution in [0.2, 0.25) is 0 Å². The maximum Gasteiger partial charge on any atom is 0.115 e. The molecule has 0 aromatic carbocycles. The first kappa shape index (κ1) is 7.28. The van der Waals surface area contributed by atoms with Gasteiger partial charge >= 0.3 is 0 Å². The molecule has 0 amide bonds. The van der Waals surface area contributed by atoms with Crippen LogP contribution in [0, 0.1) is 0 Å². The number of rotatable bonds is 3. The van der Waals surface area contributed by atoms with Crippen molar-refractivity contribution < 1.29 is 4.74 Å². The summed E-state index contributed by atoms with van der Waals surface area (Å²) in [5, 5.41) is 2.88. The molecule has 54 valence electrons. The van der Waals surface area contributed by atoms with Crippen LogP contribution < -0.4 is 5.32 Å². The van der Waals surface area contributed by atoms with E-state index < -0.39 is 0 Å². The number of hydrogen-bond donors (Lipinski definition) is 1. The summed E-state index contributed by atoms with van der Waals surface area (Å²) in [6, 6.07) is 0. The van der Waals surface area contributed by atoms with Crippen molar-refractivity contribution in [3.63, 3.8) is 0 Å². The van der Waals surface area contributed by atoms with Crippen LogP contribution in [-0.4, -0.2) is 18.6 Å². The average Bonchev–Trinajstić information content (AvgIpc) is 2.03. The second-order valence-electron chi connectivity index (χ2n) is 1.87. The SMILES string of the molecule is S=CNCC1=CC=CCO1. The highest BCUT2D eigenvalue weighted by Crippen LogP contribution is 2.01. The van der Waals surface area contributed by atoms with E-state index in [1.54, 1.807) is 0 Å². The van der Waals surface area contributed by atoms with Crippen molar-refractivity contribution >= 4 is 17.7 Å². The third-order valence-electron chi connectivity index (χ3n) is 1.14. The van der Waals surface area contributed by atoms with Gasteiger partial charge in [0.15, 0.2) is 0 Å². The Balaban J connectivity index is 2.32. The van der Waals surface area contributed by atoms with Gasteiger partial charge in [0.2, 0.25) is 0 Å². The highest BCUT2D eigenvalue weighted by Gasteiger charge is 1.96. The van der Waals surface area contributed by atoms with Crippen molar-refractivity contribution in [1.82, 2.24) is 5.32 Å². The number of nitrogens with one attached hydrogen (secondary N) is 1. The molecule has 1 aliphatic rings. The quantitative estimate of drug-likeness (QED) is 0.614. The molecule has 0 aliphatic carbocycles. The molecule has 0 saturated heterocycles. The summed E-state index contributed by atoms with van der Waals surface area (Å²) in [5.74, 6) is 0.934. The zero-order chi connectivity index (χ0) is 7.23. The molecule has 0 saturated carbocycles. The molecule has 0 radical (unpaired) electrons. The smallest absolute Gasteiger partial charge is 0.115 e. The molecule has 10 heavy (non-hydrogen) atoms. The first-order valence-electron chi connectivity index (χ1n) is 3.09. The van der Waals surface area contributed by atoms with E-state index in [9.17, 15) is 0 Å². The second kappa shape index (κ2) is 4.06. The monoisotopic (exact) mass is 155 g/mol. The molecular weight excluding hydrogens is 146 g/mol. The Labute approximate surface area is 65.6 Å². The molecule has 1 aliphatic heterocycles. The zero-order valence-electron chi connectivity index (χ0n) is 5.54. The lowest BCUT2D eigenvalue weighted by Gasteiger charge is -2.09. The van der Waals surface area contributed by atoms with Crippen molar-refractivity contribution in [2.45, 2.75) is 0 Å². The molecule has 2 nitrogen and oxygen atoms in total. The summed E-state index contributed by atoms with van der Waals surface area (Å²) < 4.78 is 5.23. The summed E-state index contributed by atoms with van der Waals surface area (Å²) in [7, 11) is 0. The Morgan fingerprint density at radius 1 is 1.80 bits per heavy atom. The van der Waals surface area contributed by atoms with Crippen molar-refractivity contribution in [2.24, 2.45) is 0 Å². The maximum atomic E-state index is 5.23. The molecule has 0 aromatic rings. The minimum absolute atomic E-state index is 0.672. The van der Waals surface area contributed by atoms with E-state index in [2.05, 4.69) is 17.5 Å². The van der Waals surface area contributed by atoms with Crippen LogP contribution in [-0.2, 0) is 4.74 Å². The van der Waals surface area contributed by atoms with Gasteiger partial charge in [-0.05, 0) is 12.2 Å². The Kier molecular flexibility index (Phi) is 2.96. The Morgan fingerprint density at radius 3 is 3.30 bits per heavy atom. The van der Waals surface area contributed by atoms with E-state index in [0.29, 0.717) is 13.2 Å². The number of allylic oxidation sites excluding steroid dienone is 2. The maximum absolute atomic E-state index is 5.23. The summed E-state index contributed by atoms with van der Waals surface area (Å²) in [4.78, 5) is 0. The number of thiocarbonyl (C=S) groups is 1. The first-order chi connectivity index (χ1) is 4.93. The third kappa shape index (κ3) is 2.19. The molecule has 0 bridgehead atoms. The van der Waals surface area contributed by atoms with Crippen LogP contribution in [0.5, 0.6) is 0 Å². The van der Waals surface area contributed by atoms with Gasteiger partial charge < -0.3 is 10.1 Å². The normalized spacial score (nSPS) is 15.4. The fourth-order valence-corrected chi connectivity index (χ4v) is 0.770. The van der Waals surface area contributed by atoms with E-state index in [4.69, 9.17) is 4.74 Å². The molecule has 1 rings (SSSR count). The molecule has 1 heterocycles. The van der Waals surface area contributed by atoms with Crippen LogP contribution in [0.1, 0.15) is 0 Å². The molecule has 0 atom stereocenters. The van der Waals surface area contributed by atoms with Gasteiger partial charge in [-0.3, -0.25) is 0 Å². The van der Waals surface area contributed by atoms with Gasteiger partial charge in [0, 0.05) is 0 Å². The van der Waals surface area contributed by atoms with E-state index in [1.807, 2.05) is 18.2 Å². The zero-order valence-corrected chi connectivity index (χ0v) is 6.36. The molecule has 0 spiro atoms. The second-order valence-corrected chi connectivity index (χ2v) is 2.11. The predicted molar refractivity (Wildman–Crippen MR) is 44.8 cm³/mol. The van der Waals surface area contributed by atoms with Gasteiger partial charge in [-0.25, -0.2) is 0 Å². The lowest BCUT2D eigenvalue weighted by molar-refractivity contribution is 0.238. The molecule has 1 N–H and O–H groups in total. The Hall–Kier alpha value is -0.830. The highest BCUT2D eigenvalue weighted by atomic mass is 32.1. The standard InChI is InChI=1S/C7H9NOS/c10-6-8-5-7-3-1-2-4-9-7/h1-3,6H,4-5H2,(H,8,10). The third-order valence-corrected chi connectivity index (χ3v) is 1.31. The molecule has 3 heteroatoms. The molecular formula is C7H9NOS. The van der Waals surface area contributed by atoms with Gasteiger partial charge in [-0.2, -0.15) is 0 Å². The summed E-state index contributed by atoms with van der Waals surface area (Å²) in [6.45, 7) is 1.36. The van der Waals surface area contributed by atoms with Gasteiger partial charge in [0.05, 0.1) is 12.0 Å². The van der Waals surface area contributed by atoms with Crippen molar-refractivity contribution in [1.29, 1.82) is 0 Å². The van der Waals surface area contributed by atoms with E-state index >= 15 is 0 Å². The van der Waals surface area contributed by atoms with E-state index in [0.717, 1.165) is 5.76 Å². The largest absolute Gasteiger partial charge is 0.492 e. The van der Waals surface area contributed by atoms with Gasteiger partial charge in [0.25, 0.3) is 0 Å². The minimum Gasteiger partial charge on any atom is -0.492 e. The van der Waals surface area contributed by atoms with Crippen LogP contribution in [0.15, 0.2) is 24.0 Å². The molecule has 0 aromatic heterocycles. The molecule has 0 fully saturated rings. The summed E-state index contributed by atoms with van der Waals surface area (Å²) >= 11 is 4.58. The fraction of sp³-hybridized carbons (Fsp3) is 0.286. The van der Waals surface area contributed by atoms with Gasteiger partial charge in [-0.1, -0.05) is 18.3 Å². The number of hydrogen-bond acceptors (Lipinski definition) is 2. The van der Waals surface area contributed by atoms with Crippen LogP contribution in [0.25, 0.3) is 0 Å². The Bertz CT molecular complexity index is 174. The first-order valence-corrected chi connectivity index (χ1v) is 3.56. The van der Waals surface area contributed by atoms with Crippen LogP contribution in [0.3, 0.4) is 0 Å². The van der Waals surface area contributed by atoms with Crippen LogP contribution >= 0.6 is 12.2 Å². The molecule has 0 unspecified atom stereocenters. The minimum atomic E-state index is 0.672. The van der Waals surface area contributed by atoms with E-state index in [1.165, 1.54) is 5.49 Å². The number of ether oxygens (including phenoxy) is 1. The highest BCUT2D eigenvalue weighted by molar-refractivity contribution is 7.78.